The van der Waals surface area contributed by atoms with Gasteiger partial charge in [-0.25, -0.2) is 4.68 Å². The van der Waals surface area contributed by atoms with Crippen LogP contribution in [0.4, 0.5) is 5.69 Å². The van der Waals surface area contributed by atoms with Crippen LogP contribution in [0, 0.1) is 0 Å². The molecule has 2 amide bonds. The van der Waals surface area contributed by atoms with E-state index in [1.165, 1.54) is 6.92 Å². The molecule has 0 bridgehead atoms. The Balaban J connectivity index is 1.63. The van der Waals surface area contributed by atoms with Crippen molar-refractivity contribution in [3.05, 3.63) is 78.1 Å². The zero-order valence-corrected chi connectivity index (χ0v) is 13.8. The number of hydrogen-bond donors (Lipinski definition) is 2. The summed E-state index contributed by atoms with van der Waals surface area (Å²) in [7, 11) is 0. The molecule has 0 fully saturated rings. The maximum absolute atomic E-state index is 12.3. The van der Waals surface area contributed by atoms with Crippen LogP contribution in [-0.2, 0) is 11.3 Å². The van der Waals surface area contributed by atoms with Gasteiger partial charge in [0.05, 0.1) is 11.9 Å². The van der Waals surface area contributed by atoms with E-state index in [4.69, 9.17) is 0 Å². The molecule has 0 unspecified atom stereocenters. The van der Waals surface area contributed by atoms with Gasteiger partial charge in [-0.2, -0.15) is 5.10 Å². The fourth-order valence-electron chi connectivity index (χ4n) is 2.40. The van der Waals surface area contributed by atoms with E-state index in [9.17, 15) is 9.59 Å². The molecular weight excluding hydrogens is 316 g/mol. The average Bonchev–Trinajstić information content (AvgIpc) is 3.09. The molecule has 6 nitrogen and oxygen atoms in total. The maximum atomic E-state index is 12.3. The number of benzene rings is 2. The number of rotatable bonds is 5. The summed E-state index contributed by atoms with van der Waals surface area (Å²) in [6, 6.07) is 16.6. The number of aromatic nitrogens is 2. The van der Waals surface area contributed by atoms with Gasteiger partial charge in [0.2, 0.25) is 5.91 Å². The Morgan fingerprint density at radius 3 is 2.64 bits per heavy atom. The molecule has 3 rings (SSSR count). The summed E-state index contributed by atoms with van der Waals surface area (Å²) in [6.07, 6.45) is 3.60. The van der Waals surface area contributed by atoms with E-state index in [2.05, 4.69) is 15.7 Å². The summed E-state index contributed by atoms with van der Waals surface area (Å²) >= 11 is 0. The number of carbonyl (C=O) groups excluding carboxylic acids is 2. The van der Waals surface area contributed by atoms with Crippen LogP contribution in [0.15, 0.2) is 67.0 Å². The fourth-order valence-corrected chi connectivity index (χ4v) is 2.40. The Bertz CT molecular complexity index is 887. The molecule has 0 saturated heterocycles. The third kappa shape index (κ3) is 4.32. The second kappa shape index (κ2) is 7.44. The van der Waals surface area contributed by atoms with Gasteiger partial charge in [0, 0.05) is 36.5 Å². The molecule has 0 spiro atoms. The van der Waals surface area contributed by atoms with Crippen molar-refractivity contribution in [1.82, 2.24) is 15.1 Å². The highest BCUT2D eigenvalue weighted by Gasteiger charge is 2.08. The van der Waals surface area contributed by atoms with Crippen molar-refractivity contribution in [2.24, 2.45) is 0 Å². The van der Waals surface area contributed by atoms with Crippen molar-refractivity contribution >= 4 is 17.5 Å². The normalized spacial score (nSPS) is 10.3. The third-order valence-corrected chi connectivity index (χ3v) is 3.55. The smallest absolute Gasteiger partial charge is 0.251 e. The first-order valence-corrected chi connectivity index (χ1v) is 7.86. The minimum absolute atomic E-state index is 0.175. The SMILES string of the molecule is CC(=O)Nc1cccc(C(=O)NCc2cnn(-c3ccccc3)c2)c1. The van der Waals surface area contributed by atoms with E-state index in [0.29, 0.717) is 17.8 Å². The lowest BCUT2D eigenvalue weighted by molar-refractivity contribution is -0.114. The summed E-state index contributed by atoms with van der Waals surface area (Å²) in [5, 5.41) is 9.82. The first-order valence-electron chi connectivity index (χ1n) is 7.86. The van der Waals surface area contributed by atoms with E-state index in [-0.39, 0.29) is 11.8 Å². The number of amides is 2. The van der Waals surface area contributed by atoms with Crippen LogP contribution in [0.2, 0.25) is 0 Å². The van der Waals surface area contributed by atoms with E-state index < -0.39 is 0 Å². The van der Waals surface area contributed by atoms with Gasteiger partial charge in [-0.05, 0) is 30.3 Å². The Morgan fingerprint density at radius 2 is 1.88 bits per heavy atom. The predicted octanol–water partition coefficient (Wildman–Crippen LogP) is 2.76. The molecule has 2 aromatic carbocycles. The molecule has 1 heterocycles. The first kappa shape index (κ1) is 16.4. The van der Waals surface area contributed by atoms with Crippen molar-refractivity contribution in [3.63, 3.8) is 0 Å². The average molecular weight is 334 g/mol. The lowest BCUT2D eigenvalue weighted by Crippen LogP contribution is -2.22. The molecule has 0 aliphatic heterocycles. The second-order valence-corrected chi connectivity index (χ2v) is 5.57. The van der Waals surface area contributed by atoms with Gasteiger partial charge in [0.1, 0.15) is 0 Å². The lowest BCUT2D eigenvalue weighted by atomic mass is 10.2. The number of carbonyl (C=O) groups is 2. The highest BCUT2D eigenvalue weighted by atomic mass is 16.2. The van der Waals surface area contributed by atoms with E-state index >= 15 is 0 Å². The molecule has 0 aliphatic carbocycles. The highest BCUT2D eigenvalue weighted by molar-refractivity contribution is 5.96. The highest BCUT2D eigenvalue weighted by Crippen LogP contribution is 2.11. The number of hydrogen-bond acceptors (Lipinski definition) is 3. The van der Waals surface area contributed by atoms with E-state index in [1.807, 2.05) is 36.5 Å². The number of para-hydroxylation sites is 1. The molecule has 2 N–H and O–H groups in total. The summed E-state index contributed by atoms with van der Waals surface area (Å²) < 4.78 is 1.76. The zero-order valence-electron chi connectivity index (χ0n) is 13.8. The molecule has 6 heteroatoms. The molecule has 0 aliphatic rings. The van der Waals surface area contributed by atoms with Crippen molar-refractivity contribution in [1.29, 1.82) is 0 Å². The summed E-state index contributed by atoms with van der Waals surface area (Å²) in [6.45, 7) is 1.80. The Labute approximate surface area is 145 Å². The van der Waals surface area contributed by atoms with Crippen LogP contribution in [0.1, 0.15) is 22.8 Å². The summed E-state index contributed by atoms with van der Waals surface area (Å²) in [4.78, 5) is 23.4. The van der Waals surface area contributed by atoms with Crippen molar-refractivity contribution < 1.29 is 9.59 Å². The maximum Gasteiger partial charge on any atom is 0.251 e. The van der Waals surface area contributed by atoms with Crippen molar-refractivity contribution in [2.75, 3.05) is 5.32 Å². The summed E-state index contributed by atoms with van der Waals surface area (Å²) in [5.74, 6) is -0.384. The monoisotopic (exact) mass is 334 g/mol. The quantitative estimate of drug-likeness (QED) is 0.753. The molecule has 126 valence electrons. The van der Waals surface area contributed by atoms with Gasteiger partial charge in [-0.15, -0.1) is 0 Å². The van der Waals surface area contributed by atoms with Crippen LogP contribution in [0.5, 0.6) is 0 Å². The van der Waals surface area contributed by atoms with Gasteiger partial charge in [-0.1, -0.05) is 24.3 Å². The third-order valence-electron chi connectivity index (χ3n) is 3.55. The molecule has 3 aromatic rings. The largest absolute Gasteiger partial charge is 0.348 e. The van der Waals surface area contributed by atoms with Crippen LogP contribution >= 0.6 is 0 Å². The van der Waals surface area contributed by atoms with Gasteiger partial charge in [-0.3, -0.25) is 9.59 Å². The number of anilines is 1. The van der Waals surface area contributed by atoms with Gasteiger partial charge >= 0.3 is 0 Å². The standard InChI is InChI=1S/C19H18N4O2/c1-14(24)22-17-7-5-6-16(10-17)19(25)20-11-15-12-21-23(13-15)18-8-3-2-4-9-18/h2-10,12-13H,11H2,1H3,(H,20,25)(H,22,24). The van der Waals surface area contributed by atoms with E-state index in [1.54, 1.807) is 35.1 Å². The van der Waals surface area contributed by atoms with Gasteiger partial charge in [0.25, 0.3) is 5.91 Å². The van der Waals surface area contributed by atoms with Crippen LogP contribution in [-0.4, -0.2) is 21.6 Å². The fraction of sp³-hybridized carbons (Fsp3) is 0.105. The molecule has 1 aromatic heterocycles. The predicted molar refractivity (Wildman–Crippen MR) is 95.5 cm³/mol. The molecular formula is C19H18N4O2. The van der Waals surface area contributed by atoms with Crippen molar-refractivity contribution in [2.45, 2.75) is 13.5 Å². The minimum atomic E-state index is -0.209. The molecule has 0 radical (unpaired) electrons. The lowest BCUT2D eigenvalue weighted by Gasteiger charge is -2.06. The Kier molecular flexibility index (Phi) is 4.89. The number of nitrogens with zero attached hydrogens (tertiary/aromatic N) is 2. The molecule has 25 heavy (non-hydrogen) atoms. The van der Waals surface area contributed by atoms with Crippen LogP contribution in [0.25, 0.3) is 5.69 Å². The second-order valence-electron chi connectivity index (χ2n) is 5.57. The van der Waals surface area contributed by atoms with Crippen LogP contribution in [0.3, 0.4) is 0 Å². The Morgan fingerprint density at radius 1 is 1.08 bits per heavy atom. The van der Waals surface area contributed by atoms with E-state index in [0.717, 1.165) is 11.3 Å². The first-order chi connectivity index (χ1) is 12.1. The minimum Gasteiger partial charge on any atom is -0.348 e. The van der Waals surface area contributed by atoms with Crippen molar-refractivity contribution in [3.8, 4) is 5.69 Å². The zero-order chi connectivity index (χ0) is 17.6. The Hall–Kier alpha value is -3.41. The molecule has 0 saturated carbocycles. The summed E-state index contributed by atoms with van der Waals surface area (Å²) in [5.41, 5.74) is 2.94. The van der Waals surface area contributed by atoms with Crippen LogP contribution < -0.4 is 10.6 Å². The van der Waals surface area contributed by atoms with Gasteiger partial charge < -0.3 is 10.6 Å². The van der Waals surface area contributed by atoms with Gasteiger partial charge in [0.15, 0.2) is 0 Å². The molecule has 0 atom stereocenters. The number of nitrogens with one attached hydrogen (secondary N) is 2. The topological polar surface area (TPSA) is 76.0 Å².